The fraction of sp³-hybridized carbons (Fsp3) is 0.381. The summed E-state index contributed by atoms with van der Waals surface area (Å²) in [5, 5.41) is 10.2. The quantitative estimate of drug-likeness (QED) is 0.832. The number of nitrogens with zero attached hydrogens (tertiary/aromatic N) is 2. The normalized spacial score (nSPS) is 16.1. The van der Waals surface area contributed by atoms with Gasteiger partial charge in [-0.2, -0.15) is 5.26 Å². The van der Waals surface area contributed by atoms with Gasteiger partial charge in [0.05, 0.1) is 6.07 Å². The maximum Gasteiger partial charge on any atom is 0.112 e. The molecule has 0 unspecified atom stereocenters. The largest absolute Gasteiger partial charge is 0.302 e. The predicted molar refractivity (Wildman–Crippen MR) is 94.0 cm³/mol. The lowest BCUT2D eigenvalue weighted by molar-refractivity contribution is 0.0596. The minimum Gasteiger partial charge on any atom is -0.302 e. The molecule has 1 heterocycles. The standard InChI is InChI=1S/C21H24N2/c1-17(2)13-23-14-20(15-23)21(16-22,18-9-5-3-6-10-18)19-11-7-4-8-12-19/h3-12,17,20H,13-15H2,1-2H3. The lowest BCUT2D eigenvalue weighted by Gasteiger charge is -2.48. The summed E-state index contributed by atoms with van der Waals surface area (Å²) in [4.78, 5) is 2.47. The zero-order valence-electron chi connectivity index (χ0n) is 13.9. The average Bonchev–Trinajstić information content (AvgIpc) is 2.55. The van der Waals surface area contributed by atoms with E-state index in [1.807, 2.05) is 36.4 Å². The smallest absolute Gasteiger partial charge is 0.112 e. The Morgan fingerprint density at radius 3 is 1.87 bits per heavy atom. The number of likely N-dealkylation sites (tertiary alicyclic amines) is 1. The second-order valence-electron chi connectivity index (χ2n) is 6.96. The van der Waals surface area contributed by atoms with Gasteiger partial charge in [0.1, 0.15) is 5.41 Å². The highest BCUT2D eigenvalue weighted by molar-refractivity contribution is 5.47. The average molecular weight is 304 g/mol. The monoisotopic (exact) mass is 304 g/mol. The molecule has 1 aliphatic heterocycles. The van der Waals surface area contributed by atoms with Gasteiger partial charge in [0.2, 0.25) is 0 Å². The van der Waals surface area contributed by atoms with Crippen LogP contribution in [-0.4, -0.2) is 24.5 Å². The lowest BCUT2D eigenvalue weighted by atomic mass is 9.64. The summed E-state index contributed by atoms with van der Waals surface area (Å²) in [5.74, 6) is 1.01. The van der Waals surface area contributed by atoms with E-state index in [0.29, 0.717) is 11.8 Å². The van der Waals surface area contributed by atoms with Gasteiger partial charge in [-0.1, -0.05) is 74.5 Å². The molecule has 118 valence electrons. The van der Waals surface area contributed by atoms with Crippen molar-refractivity contribution in [3.8, 4) is 6.07 Å². The molecular formula is C21H24N2. The highest BCUT2D eigenvalue weighted by atomic mass is 15.2. The maximum absolute atomic E-state index is 10.2. The van der Waals surface area contributed by atoms with Crippen LogP contribution in [0, 0.1) is 23.2 Å². The van der Waals surface area contributed by atoms with Crippen LogP contribution in [0.3, 0.4) is 0 Å². The fourth-order valence-electron chi connectivity index (χ4n) is 3.77. The van der Waals surface area contributed by atoms with Crippen LogP contribution < -0.4 is 0 Å². The Balaban J connectivity index is 1.97. The molecule has 2 nitrogen and oxygen atoms in total. The van der Waals surface area contributed by atoms with Crippen molar-refractivity contribution in [2.45, 2.75) is 19.3 Å². The minimum absolute atomic E-state index is 0.344. The van der Waals surface area contributed by atoms with Crippen LogP contribution >= 0.6 is 0 Å². The van der Waals surface area contributed by atoms with Gasteiger partial charge in [0, 0.05) is 25.6 Å². The zero-order valence-corrected chi connectivity index (χ0v) is 13.9. The van der Waals surface area contributed by atoms with Crippen molar-refractivity contribution in [1.82, 2.24) is 4.90 Å². The second kappa shape index (κ2) is 6.56. The Hall–Kier alpha value is -2.11. The Labute approximate surface area is 139 Å². The summed E-state index contributed by atoms with van der Waals surface area (Å²) in [6.45, 7) is 7.60. The summed E-state index contributed by atoms with van der Waals surface area (Å²) in [6.07, 6.45) is 0. The SMILES string of the molecule is CC(C)CN1CC(C(C#N)(c2ccccc2)c2ccccc2)C1. The molecule has 0 atom stereocenters. The van der Waals surface area contributed by atoms with Crippen LogP contribution in [0.15, 0.2) is 60.7 Å². The first-order valence-electron chi connectivity index (χ1n) is 8.41. The number of nitriles is 1. The Morgan fingerprint density at radius 2 is 1.48 bits per heavy atom. The predicted octanol–water partition coefficient (Wildman–Crippen LogP) is 4.08. The van der Waals surface area contributed by atoms with E-state index in [1.54, 1.807) is 0 Å². The zero-order chi connectivity index (χ0) is 16.3. The molecule has 0 N–H and O–H groups in total. The molecule has 3 rings (SSSR count). The first-order valence-corrected chi connectivity index (χ1v) is 8.41. The second-order valence-corrected chi connectivity index (χ2v) is 6.96. The van der Waals surface area contributed by atoms with Crippen molar-refractivity contribution in [3.05, 3.63) is 71.8 Å². The number of benzene rings is 2. The van der Waals surface area contributed by atoms with Crippen LogP contribution in [0.1, 0.15) is 25.0 Å². The molecule has 1 saturated heterocycles. The van der Waals surface area contributed by atoms with E-state index in [4.69, 9.17) is 0 Å². The van der Waals surface area contributed by atoms with Crippen LogP contribution in [0.2, 0.25) is 0 Å². The van der Waals surface area contributed by atoms with Crippen LogP contribution in [-0.2, 0) is 5.41 Å². The van der Waals surface area contributed by atoms with E-state index < -0.39 is 5.41 Å². The third-order valence-electron chi connectivity index (χ3n) is 4.83. The molecular weight excluding hydrogens is 280 g/mol. The van der Waals surface area contributed by atoms with Gasteiger partial charge in [0.15, 0.2) is 0 Å². The first kappa shape index (κ1) is 15.8. The van der Waals surface area contributed by atoms with E-state index in [9.17, 15) is 5.26 Å². The molecule has 2 aromatic rings. The number of hydrogen-bond acceptors (Lipinski definition) is 2. The van der Waals surface area contributed by atoms with E-state index in [-0.39, 0.29) is 0 Å². The number of rotatable bonds is 5. The maximum atomic E-state index is 10.2. The summed E-state index contributed by atoms with van der Waals surface area (Å²) in [5.41, 5.74) is 1.68. The van der Waals surface area contributed by atoms with Gasteiger partial charge in [-0.15, -0.1) is 0 Å². The van der Waals surface area contributed by atoms with Gasteiger partial charge in [-0.25, -0.2) is 0 Å². The van der Waals surface area contributed by atoms with Crippen molar-refractivity contribution >= 4 is 0 Å². The highest BCUT2D eigenvalue weighted by Crippen LogP contribution is 2.43. The third kappa shape index (κ3) is 2.90. The molecule has 0 spiro atoms. The number of hydrogen-bond donors (Lipinski definition) is 0. The molecule has 0 aromatic heterocycles. The van der Waals surface area contributed by atoms with Crippen molar-refractivity contribution in [3.63, 3.8) is 0 Å². The van der Waals surface area contributed by atoms with Crippen LogP contribution in [0.4, 0.5) is 0 Å². The first-order chi connectivity index (χ1) is 11.2. The highest BCUT2D eigenvalue weighted by Gasteiger charge is 2.48. The van der Waals surface area contributed by atoms with Crippen LogP contribution in [0.25, 0.3) is 0 Å². The molecule has 1 fully saturated rings. The molecule has 0 bridgehead atoms. The van der Waals surface area contributed by atoms with E-state index in [0.717, 1.165) is 30.8 Å². The Morgan fingerprint density at radius 1 is 1.00 bits per heavy atom. The summed E-state index contributed by atoms with van der Waals surface area (Å²) < 4.78 is 0. The molecule has 0 saturated carbocycles. The Bertz CT molecular complexity index is 624. The van der Waals surface area contributed by atoms with Crippen molar-refractivity contribution < 1.29 is 0 Å². The fourth-order valence-corrected chi connectivity index (χ4v) is 3.77. The van der Waals surface area contributed by atoms with Gasteiger partial charge in [-0.05, 0) is 17.0 Å². The van der Waals surface area contributed by atoms with Crippen molar-refractivity contribution in [2.24, 2.45) is 11.8 Å². The lowest BCUT2D eigenvalue weighted by Crippen LogP contribution is -2.57. The van der Waals surface area contributed by atoms with Gasteiger partial charge >= 0.3 is 0 Å². The van der Waals surface area contributed by atoms with Crippen LogP contribution in [0.5, 0.6) is 0 Å². The molecule has 2 aromatic carbocycles. The van der Waals surface area contributed by atoms with Gasteiger partial charge in [-0.3, -0.25) is 0 Å². The van der Waals surface area contributed by atoms with Gasteiger partial charge in [0.25, 0.3) is 0 Å². The topological polar surface area (TPSA) is 27.0 Å². The molecule has 0 amide bonds. The molecule has 0 radical (unpaired) electrons. The summed E-state index contributed by atoms with van der Waals surface area (Å²) in [6, 6.07) is 23.3. The Kier molecular flexibility index (Phi) is 4.50. The van der Waals surface area contributed by atoms with Crippen molar-refractivity contribution in [2.75, 3.05) is 19.6 Å². The molecule has 2 heteroatoms. The molecule has 0 aliphatic carbocycles. The van der Waals surface area contributed by atoms with Gasteiger partial charge < -0.3 is 4.90 Å². The van der Waals surface area contributed by atoms with E-state index >= 15 is 0 Å². The third-order valence-corrected chi connectivity index (χ3v) is 4.83. The van der Waals surface area contributed by atoms with E-state index in [1.165, 1.54) is 0 Å². The molecule has 23 heavy (non-hydrogen) atoms. The minimum atomic E-state index is -0.546. The summed E-state index contributed by atoms with van der Waals surface area (Å²) >= 11 is 0. The summed E-state index contributed by atoms with van der Waals surface area (Å²) in [7, 11) is 0. The van der Waals surface area contributed by atoms with E-state index in [2.05, 4.69) is 49.1 Å². The molecule has 1 aliphatic rings. The van der Waals surface area contributed by atoms with Crippen molar-refractivity contribution in [1.29, 1.82) is 5.26 Å².